The van der Waals surface area contributed by atoms with Crippen LogP contribution in [0.5, 0.6) is 5.75 Å². The van der Waals surface area contributed by atoms with Gasteiger partial charge in [-0.1, -0.05) is 18.2 Å². The summed E-state index contributed by atoms with van der Waals surface area (Å²) in [6.07, 6.45) is 3.75. The largest absolute Gasteiger partial charge is 0.488 e. The van der Waals surface area contributed by atoms with Crippen molar-refractivity contribution in [2.45, 2.75) is 39.2 Å². The molecule has 0 unspecified atom stereocenters. The van der Waals surface area contributed by atoms with Crippen LogP contribution in [0.2, 0.25) is 0 Å². The fourth-order valence-electron chi connectivity index (χ4n) is 3.50. The first kappa shape index (κ1) is 15.9. The molecule has 1 aliphatic carbocycles. The monoisotopic (exact) mass is 338 g/mol. The molecule has 0 spiro atoms. The van der Waals surface area contributed by atoms with Gasteiger partial charge in [-0.2, -0.15) is 0 Å². The van der Waals surface area contributed by atoms with Gasteiger partial charge in [0.2, 0.25) is 0 Å². The normalized spacial score (nSPS) is 13.7. The van der Waals surface area contributed by atoms with Crippen LogP contribution in [0.25, 0.3) is 11.0 Å². The molecule has 4 heteroatoms. The minimum absolute atomic E-state index is 0.165. The van der Waals surface area contributed by atoms with E-state index in [1.165, 1.54) is 6.07 Å². The lowest BCUT2D eigenvalue weighted by Crippen LogP contribution is -2.15. The Bertz CT molecular complexity index is 1000. The molecule has 1 heterocycles. The van der Waals surface area contributed by atoms with Crippen molar-refractivity contribution in [3.05, 3.63) is 74.9 Å². The molecule has 128 valence electrons. The van der Waals surface area contributed by atoms with E-state index in [2.05, 4.69) is 0 Å². The average molecular weight is 338 g/mol. The molecule has 0 saturated heterocycles. The van der Waals surface area contributed by atoms with Crippen molar-refractivity contribution in [3.63, 3.8) is 0 Å². The van der Waals surface area contributed by atoms with Gasteiger partial charge in [-0.15, -0.1) is 0 Å². The molecule has 1 aromatic heterocycles. The SMILES string of the molecule is Cc1cc2oc(=O)c3c(c2cc1OCc1ccccc1F)CCCC3. The van der Waals surface area contributed by atoms with Crippen LogP contribution in [0.15, 0.2) is 45.6 Å². The Morgan fingerprint density at radius 1 is 1.12 bits per heavy atom. The van der Waals surface area contributed by atoms with Crippen LogP contribution in [0.1, 0.15) is 35.1 Å². The van der Waals surface area contributed by atoms with Gasteiger partial charge in [-0.25, -0.2) is 9.18 Å². The first-order valence-corrected chi connectivity index (χ1v) is 8.59. The summed E-state index contributed by atoms with van der Waals surface area (Å²) in [5, 5.41) is 0.934. The van der Waals surface area contributed by atoms with Gasteiger partial charge in [0.05, 0.1) is 0 Å². The van der Waals surface area contributed by atoms with Crippen molar-refractivity contribution >= 4 is 11.0 Å². The Kier molecular flexibility index (Phi) is 4.04. The molecule has 1 aliphatic rings. The van der Waals surface area contributed by atoms with Gasteiger partial charge in [-0.05, 0) is 61.9 Å². The van der Waals surface area contributed by atoms with Crippen molar-refractivity contribution in [2.75, 3.05) is 0 Å². The molecule has 0 amide bonds. The molecule has 2 aromatic carbocycles. The molecule has 25 heavy (non-hydrogen) atoms. The summed E-state index contributed by atoms with van der Waals surface area (Å²) in [5.74, 6) is 0.418. The molecule has 0 bridgehead atoms. The standard InChI is InChI=1S/C21H19FO3/c1-13-10-20-17(15-7-3-4-8-16(15)21(23)25-20)11-19(13)24-12-14-6-2-5-9-18(14)22/h2,5-6,9-11H,3-4,7-8,12H2,1H3. The zero-order valence-corrected chi connectivity index (χ0v) is 14.1. The van der Waals surface area contributed by atoms with Crippen LogP contribution >= 0.6 is 0 Å². The van der Waals surface area contributed by atoms with Gasteiger partial charge in [0, 0.05) is 16.5 Å². The van der Waals surface area contributed by atoms with Crippen LogP contribution in [0.3, 0.4) is 0 Å². The molecule has 0 saturated carbocycles. The van der Waals surface area contributed by atoms with E-state index in [1.54, 1.807) is 18.2 Å². The van der Waals surface area contributed by atoms with Crippen LogP contribution < -0.4 is 10.4 Å². The Labute approximate surface area is 145 Å². The van der Waals surface area contributed by atoms with E-state index in [-0.39, 0.29) is 18.0 Å². The van der Waals surface area contributed by atoms with E-state index in [4.69, 9.17) is 9.15 Å². The highest BCUT2D eigenvalue weighted by molar-refractivity contribution is 5.84. The maximum atomic E-state index is 13.8. The number of halogens is 1. The summed E-state index contributed by atoms with van der Waals surface area (Å²) in [6, 6.07) is 10.4. The Hall–Kier alpha value is -2.62. The summed E-state index contributed by atoms with van der Waals surface area (Å²) in [4.78, 5) is 12.2. The maximum absolute atomic E-state index is 13.8. The molecular formula is C21H19FO3. The molecule has 0 N–H and O–H groups in total. The van der Waals surface area contributed by atoms with E-state index in [9.17, 15) is 9.18 Å². The molecule has 3 nitrogen and oxygen atoms in total. The maximum Gasteiger partial charge on any atom is 0.339 e. The van der Waals surface area contributed by atoms with E-state index in [0.29, 0.717) is 16.9 Å². The Morgan fingerprint density at radius 3 is 2.68 bits per heavy atom. The van der Waals surface area contributed by atoms with E-state index < -0.39 is 0 Å². The lowest BCUT2D eigenvalue weighted by Gasteiger charge is -2.17. The van der Waals surface area contributed by atoms with Crippen molar-refractivity contribution < 1.29 is 13.5 Å². The number of hydrogen-bond acceptors (Lipinski definition) is 3. The van der Waals surface area contributed by atoms with Crippen molar-refractivity contribution in [1.29, 1.82) is 0 Å². The predicted octanol–water partition coefficient (Wildman–Crippen LogP) is 4.70. The summed E-state index contributed by atoms with van der Waals surface area (Å²) >= 11 is 0. The number of aryl methyl sites for hydroxylation is 2. The second-order valence-corrected chi connectivity index (χ2v) is 6.55. The molecule has 3 aromatic rings. The highest BCUT2D eigenvalue weighted by Crippen LogP contribution is 2.32. The zero-order valence-electron chi connectivity index (χ0n) is 14.1. The lowest BCUT2D eigenvalue weighted by atomic mass is 9.90. The smallest absolute Gasteiger partial charge is 0.339 e. The number of fused-ring (bicyclic) bond motifs is 3. The van der Waals surface area contributed by atoms with E-state index >= 15 is 0 Å². The Balaban J connectivity index is 1.75. The first-order valence-electron chi connectivity index (χ1n) is 8.59. The fourth-order valence-corrected chi connectivity index (χ4v) is 3.50. The molecule has 4 rings (SSSR count). The lowest BCUT2D eigenvalue weighted by molar-refractivity contribution is 0.298. The summed E-state index contributed by atoms with van der Waals surface area (Å²) in [5.41, 5.74) is 3.63. The highest BCUT2D eigenvalue weighted by Gasteiger charge is 2.19. The van der Waals surface area contributed by atoms with Crippen molar-refractivity contribution in [2.24, 2.45) is 0 Å². The number of benzene rings is 2. The molecule has 0 fully saturated rings. The number of hydrogen-bond donors (Lipinski definition) is 0. The first-order chi connectivity index (χ1) is 12.1. The summed E-state index contributed by atoms with van der Waals surface area (Å²) < 4.78 is 25.2. The minimum Gasteiger partial charge on any atom is -0.488 e. The third kappa shape index (κ3) is 2.93. The van der Waals surface area contributed by atoms with Gasteiger partial charge >= 0.3 is 5.63 Å². The third-order valence-electron chi connectivity index (χ3n) is 4.86. The number of rotatable bonds is 3. The fraction of sp³-hybridized carbons (Fsp3) is 0.286. The van der Waals surface area contributed by atoms with Crippen LogP contribution in [-0.4, -0.2) is 0 Å². The highest BCUT2D eigenvalue weighted by atomic mass is 19.1. The van der Waals surface area contributed by atoms with Gasteiger partial charge < -0.3 is 9.15 Å². The third-order valence-corrected chi connectivity index (χ3v) is 4.86. The van der Waals surface area contributed by atoms with Gasteiger partial charge in [0.15, 0.2) is 0 Å². The molecule has 0 atom stereocenters. The van der Waals surface area contributed by atoms with E-state index in [0.717, 1.165) is 47.8 Å². The molecule has 0 aliphatic heterocycles. The van der Waals surface area contributed by atoms with Gasteiger partial charge in [0.1, 0.15) is 23.8 Å². The topological polar surface area (TPSA) is 39.4 Å². The zero-order chi connectivity index (χ0) is 17.4. The molecular weight excluding hydrogens is 319 g/mol. The van der Waals surface area contributed by atoms with Crippen molar-refractivity contribution in [3.8, 4) is 5.75 Å². The average Bonchev–Trinajstić information content (AvgIpc) is 2.62. The van der Waals surface area contributed by atoms with Crippen LogP contribution in [0, 0.1) is 12.7 Å². The second kappa shape index (κ2) is 6.36. The Morgan fingerprint density at radius 2 is 1.88 bits per heavy atom. The number of ether oxygens (including phenoxy) is 1. The summed E-state index contributed by atoms with van der Waals surface area (Å²) in [7, 11) is 0. The van der Waals surface area contributed by atoms with Crippen molar-refractivity contribution in [1.82, 2.24) is 0 Å². The van der Waals surface area contributed by atoms with Gasteiger partial charge in [-0.3, -0.25) is 0 Å². The molecule has 0 radical (unpaired) electrons. The quantitative estimate of drug-likeness (QED) is 0.650. The van der Waals surface area contributed by atoms with Crippen LogP contribution in [-0.2, 0) is 19.4 Å². The predicted molar refractivity (Wildman–Crippen MR) is 94.6 cm³/mol. The summed E-state index contributed by atoms with van der Waals surface area (Å²) in [6.45, 7) is 2.06. The van der Waals surface area contributed by atoms with Gasteiger partial charge in [0.25, 0.3) is 0 Å². The second-order valence-electron chi connectivity index (χ2n) is 6.55. The van der Waals surface area contributed by atoms with Crippen LogP contribution in [0.4, 0.5) is 4.39 Å². The van der Waals surface area contributed by atoms with E-state index in [1.807, 2.05) is 19.1 Å². The minimum atomic E-state index is -0.274.